The quantitative estimate of drug-likeness (QED) is 0.337. The van der Waals surface area contributed by atoms with Crippen molar-refractivity contribution in [2.75, 3.05) is 25.5 Å². The van der Waals surface area contributed by atoms with Gasteiger partial charge in [0.2, 0.25) is 5.88 Å². The van der Waals surface area contributed by atoms with Gasteiger partial charge < -0.3 is 19.7 Å². The number of aliphatic hydroxyl groups is 1. The second-order valence-electron chi connectivity index (χ2n) is 11.3. The van der Waals surface area contributed by atoms with Crippen molar-refractivity contribution in [3.8, 4) is 28.3 Å². The Kier molecular flexibility index (Phi) is 7.64. The molecule has 1 aliphatic heterocycles. The lowest BCUT2D eigenvalue weighted by molar-refractivity contribution is -0.0256. The van der Waals surface area contributed by atoms with Crippen LogP contribution in [0.2, 0.25) is 5.02 Å². The summed E-state index contributed by atoms with van der Waals surface area (Å²) >= 11 is 6.97. The number of β-amino-alcohol motifs (C(OH)–C–C–N with tert-alkyl or cyclic N) is 1. The Morgan fingerprint density at radius 1 is 1.16 bits per heavy atom. The van der Waals surface area contributed by atoms with Crippen molar-refractivity contribution in [1.82, 2.24) is 19.0 Å². The maximum atomic E-state index is 15.5. The Morgan fingerprint density at radius 3 is 2.59 bits per heavy atom. The molecule has 1 atom stereocenters. The lowest BCUT2D eigenvalue weighted by Crippen LogP contribution is -2.51. The van der Waals surface area contributed by atoms with Crippen molar-refractivity contribution in [2.45, 2.75) is 31.9 Å². The fraction of sp³-hybridized carbons (Fsp3) is 0.312. The van der Waals surface area contributed by atoms with E-state index in [0.717, 1.165) is 33.1 Å². The Hall–Kier alpha value is -4.32. The average Bonchev–Trinajstić information content (AvgIpc) is 3.41. The number of methoxy groups -OCH3 is 1. The van der Waals surface area contributed by atoms with Crippen LogP contribution in [-0.2, 0) is 20.5 Å². The van der Waals surface area contributed by atoms with Crippen molar-refractivity contribution < 1.29 is 19.0 Å². The molecule has 0 bridgehead atoms. The van der Waals surface area contributed by atoms with E-state index in [1.807, 2.05) is 12.1 Å². The highest BCUT2D eigenvalue weighted by Gasteiger charge is 2.38. The molecule has 2 aromatic carbocycles. The third-order valence-electron chi connectivity index (χ3n) is 8.55. The minimum absolute atomic E-state index is 0.127. The monoisotopic (exact) mass is 619 g/mol. The molecule has 1 aliphatic carbocycles. The molecule has 4 aromatic rings. The summed E-state index contributed by atoms with van der Waals surface area (Å²) in [6.07, 6.45) is 2.58. The van der Waals surface area contributed by atoms with Crippen LogP contribution in [0.15, 0.2) is 52.2 Å². The van der Waals surface area contributed by atoms with Gasteiger partial charge in [-0.2, -0.15) is 0 Å². The molecule has 44 heavy (non-hydrogen) atoms. The summed E-state index contributed by atoms with van der Waals surface area (Å²) in [6.45, 7) is 2.89. The van der Waals surface area contributed by atoms with Crippen LogP contribution in [0.5, 0.6) is 5.88 Å². The largest absolute Gasteiger partial charge is 0.481 e. The fourth-order valence-electron chi connectivity index (χ4n) is 6.20. The molecule has 228 valence electrons. The maximum Gasteiger partial charge on any atom is 0.330 e. The van der Waals surface area contributed by atoms with Gasteiger partial charge in [0.05, 0.1) is 23.9 Å². The number of rotatable bonds is 6. The van der Waals surface area contributed by atoms with E-state index >= 15 is 4.39 Å². The Morgan fingerprint density at radius 2 is 1.89 bits per heavy atom. The summed E-state index contributed by atoms with van der Waals surface area (Å²) in [4.78, 5) is 44.8. The number of carbonyl (C=O) groups excluding carboxylic acids is 1. The van der Waals surface area contributed by atoms with Gasteiger partial charge in [-0.25, -0.2) is 14.2 Å². The summed E-state index contributed by atoms with van der Waals surface area (Å²) in [7, 11) is 4.31. The van der Waals surface area contributed by atoms with E-state index < -0.39 is 23.0 Å². The van der Waals surface area contributed by atoms with Crippen molar-refractivity contribution >= 4 is 23.2 Å². The number of amides is 1. The van der Waals surface area contributed by atoms with Crippen molar-refractivity contribution in [3.63, 3.8) is 0 Å². The normalized spacial score (nSPS) is 16.5. The molecule has 2 N–H and O–H groups in total. The molecular formula is C32H31ClFN5O5. The SMILES string of the molecule is COc1nc(-c2cccc(-c3c(F)ccc(NC(=O)c4cn(C)c(=O)n(C)c4=O)c3C)c2Cl)cc2c1C(N1CC(O)C1)CC2. The number of pyridine rings is 1. The van der Waals surface area contributed by atoms with Gasteiger partial charge >= 0.3 is 5.69 Å². The van der Waals surface area contributed by atoms with Gasteiger partial charge in [-0.1, -0.05) is 29.8 Å². The first-order valence-electron chi connectivity index (χ1n) is 14.2. The topological polar surface area (TPSA) is 119 Å². The number of aromatic nitrogens is 3. The van der Waals surface area contributed by atoms with E-state index in [1.54, 1.807) is 26.2 Å². The zero-order chi connectivity index (χ0) is 31.4. The number of anilines is 1. The Bertz CT molecular complexity index is 1950. The number of hydrogen-bond donors (Lipinski definition) is 2. The van der Waals surface area contributed by atoms with Crippen molar-refractivity contribution in [3.05, 3.63) is 96.5 Å². The van der Waals surface area contributed by atoms with Crippen LogP contribution < -0.4 is 21.3 Å². The molecule has 1 fully saturated rings. The number of nitrogens with one attached hydrogen (secondary N) is 1. The minimum atomic E-state index is -0.743. The Balaban J connectivity index is 1.37. The maximum absolute atomic E-state index is 15.5. The first kappa shape index (κ1) is 29.7. The van der Waals surface area contributed by atoms with Gasteiger partial charge in [-0.3, -0.25) is 19.1 Å². The van der Waals surface area contributed by atoms with Crippen LogP contribution in [0.4, 0.5) is 10.1 Å². The minimum Gasteiger partial charge on any atom is -0.481 e. The molecule has 1 amide bonds. The molecule has 2 aromatic heterocycles. The number of halogens is 2. The fourth-order valence-corrected chi connectivity index (χ4v) is 6.52. The molecule has 0 saturated carbocycles. The van der Waals surface area contributed by atoms with Gasteiger partial charge in [0.15, 0.2) is 0 Å². The van der Waals surface area contributed by atoms with Gasteiger partial charge in [0.1, 0.15) is 11.4 Å². The smallest absolute Gasteiger partial charge is 0.330 e. The van der Waals surface area contributed by atoms with Crippen LogP contribution in [-0.4, -0.2) is 56.3 Å². The molecule has 0 radical (unpaired) electrons. The standard InChI is InChI=1S/C32H31ClFN5O5/c1-16-23(35-29(41)21-15-37(2)32(43)38(3)31(21)42)10-9-22(34)26(16)20-7-5-6-19(28(20)33)24-12-17-8-11-25(39-13-18(40)14-39)27(17)30(36-24)44-4/h5-7,9-10,12,15,18,25,40H,8,11,13-14H2,1-4H3,(H,35,41). The van der Waals surface area contributed by atoms with Gasteiger partial charge in [-0.15, -0.1) is 0 Å². The lowest BCUT2D eigenvalue weighted by atomic mass is 9.95. The summed E-state index contributed by atoms with van der Waals surface area (Å²) in [5, 5.41) is 12.8. The number of carbonyl (C=O) groups is 1. The first-order chi connectivity index (χ1) is 21.0. The Labute approximate surface area is 257 Å². The lowest BCUT2D eigenvalue weighted by Gasteiger charge is -2.40. The van der Waals surface area contributed by atoms with E-state index in [0.29, 0.717) is 41.4 Å². The van der Waals surface area contributed by atoms with E-state index in [9.17, 15) is 19.5 Å². The van der Waals surface area contributed by atoms with Crippen LogP contribution in [0.25, 0.3) is 22.4 Å². The second-order valence-corrected chi connectivity index (χ2v) is 11.6. The van der Waals surface area contributed by atoms with Crippen LogP contribution in [0, 0.1) is 12.7 Å². The molecule has 12 heteroatoms. The zero-order valence-electron chi connectivity index (χ0n) is 24.6. The molecule has 2 aliphatic rings. The van der Waals surface area contributed by atoms with Crippen LogP contribution >= 0.6 is 11.6 Å². The molecule has 6 rings (SSSR count). The number of benzene rings is 2. The molecule has 10 nitrogen and oxygen atoms in total. The third kappa shape index (κ3) is 4.90. The summed E-state index contributed by atoms with van der Waals surface area (Å²) in [5.74, 6) is -0.779. The average molecular weight is 620 g/mol. The summed E-state index contributed by atoms with van der Waals surface area (Å²) < 4.78 is 23.2. The van der Waals surface area contributed by atoms with Gasteiger partial charge in [0, 0.05) is 67.4 Å². The van der Waals surface area contributed by atoms with E-state index in [-0.39, 0.29) is 34.0 Å². The van der Waals surface area contributed by atoms with Crippen LogP contribution in [0.1, 0.15) is 39.5 Å². The highest BCUT2D eigenvalue weighted by Crippen LogP contribution is 2.46. The number of nitrogens with zero attached hydrogens (tertiary/aromatic N) is 4. The first-order valence-corrected chi connectivity index (χ1v) is 14.5. The number of hydrogen-bond acceptors (Lipinski definition) is 7. The van der Waals surface area contributed by atoms with E-state index in [1.165, 1.54) is 32.4 Å². The highest BCUT2D eigenvalue weighted by molar-refractivity contribution is 6.36. The van der Waals surface area contributed by atoms with E-state index in [4.69, 9.17) is 21.3 Å². The van der Waals surface area contributed by atoms with Crippen LogP contribution in [0.3, 0.4) is 0 Å². The molecule has 1 saturated heterocycles. The van der Waals surface area contributed by atoms with Crippen molar-refractivity contribution in [2.24, 2.45) is 14.1 Å². The van der Waals surface area contributed by atoms with Gasteiger partial charge in [-0.05, 0) is 49.1 Å². The highest BCUT2D eigenvalue weighted by atomic mass is 35.5. The second kappa shape index (κ2) is 11.3. The van der Waals surface area contributed by atoms with Crippen molar-refractivity contribution in [1.29, 1.82) is 0 Å². The van der Waals surface area contributed by atoms with E-state index in [2.05, 4.69) is 10.2 Å². The number of likely N-dealkylation sites (tertiary alicyclic amines) is 1. The zero-order valence-corrected chi connectivity index (χ0v) is 25.4. The number of ether oxygens (including phenoxy) is 1. The molecule has 0 spiro atoms. The predicted octanol–water partition coefficient (Wildman–Crippen LogP) is 3.84. The molecular weight excluding hydrogens is 589 g/mol. The molecule has 3 heterocycles. The molecule has 1 unspecified atom stereocenters. The predicted molar refractivity (Wildman–Crippen MR) is 165 cm³/mol. The summed E-state index contributed by atoms with van der Waals surface area (Å²) in [6, 6.07) is 10.0. The number of aliphatic hydroxyl groups excluding tert-OH is 1. The summed E-state index contributed by atoms with van der Waals surface area (Å²) in [5.41, 5.74) is 3.03. The van der Waals surface area contributed by atoms with Gasteiger partial charge in [0.25, 0.3) is 11.5 Å². The number of fused-ring (bicyclic) bond motifs is 1. The third-order valence-corrected chi connectivity index (χ3v) is 8.96. The number of aryl methyl sites for hydroxylation is 2.